The van der Waals surface area contributed by atoms with Gasteiger partial charge < -0.3 is 18.9 Å². The lowest BCUT2D eigenvalue weighted by Gasteiger charge is -2.26. The molecule has 3 fully saturated rings. The van der Waals surface area contributed by atoms with E-state index in [0.717, 1.165) is 42.0 Å². The average molecular weight is 866 g/mol. The second-order valence-electron chi connectivity index (χ2n) is 13.1. The van der Waals surface area contributed by atoms with Crippen LogP contribution in [-0.2, 0) is 40.7 Å². The molecule has 3 aliphatic rings. The fraction of sp³-hybridized carbons (Fsp3) is 0.486. The highest BCUT2D eigenvalue weighted by Gasteiger charge is 2.42. The van der Waals surface area contributed by atoms with Crippen molar-refractivity contribution in [3.63, 3.8) is 0 Å². The molecule has 2 aliphatic heterocycles. The maximum absolute atomic E-state index is 13.9. The van der Waals surface area contributed by atoms with E-state index in [1.165, 1.54) is 54.9 Å². The molecule has 3 aromatic rings. The van der Waals surface area contributed by atoms with E-state index in [9.17, 15) is 30.4 Å². The largest absolute Gasteiger partial charge is 0.489 e. The Kier molecular flexibility index (Phi) is 14.0. The first kappa shape index (κ1) is 41.7. The molecule has 1 unspecified atom stereocenters. The van der Waals surface area contributed by atoms with Gasteiger partial charge in [-0.05, 0) is 79.3 Å². The average Bonchev–Trinajstić information content (AvgIpc) is 3.84. The lowest BCUT2D eigenvalue weighted by Crippen LogP contribution is -2.40. The minimum absolute atomic E-state index is 0.00418. The summed E-state index contributed by atoms with van der Waals surface area (Å²) in [5, 5.41) is -0.906. The lowest BCUT2D eigenvalue weighted by molar-refractivity contribution is -0.150. The third-order valence-electron chi connectivity index (χ3n) is 9.10. The van der Waals surface area contributed by atoms with Gasteiger partial charge in [0.1, 0.15) is 6.10 Å². The third kappa shape index (κ3) is 11.3. The quantitative estimate of drug-likeness (QED) is 0.153. The zero-order valence-corrected chi connectivity index (χ0v) is 33.4. The molecule has 2 aromatic carbocycles. The second kappa shape index (κ2) is 18.5. The number of aromatic nitrogens is 1. The van der Waals surface area contributed by atoms with Crippen LogP contribution in [0.2, 0.25) is 10.0 Å². The van der Waals surface area contributed by atoms with Gasteiger partial charge in [0.05, 0.1) is 40.5 Å². The molecule has 55 heavy (non-hydrogen) atoms. The standard InChI is InChI=1S/C35H40Cl2F2N4O9S3/c36-28-20-40-21-29(37)27(28)19-31(24-4-9-30(52-35(38)39)32(18-24)50-22-23-2-3-23)51-34(44)33-43(13-16-53-33)55(47,48)26-7-5-25(6-8-26)41-54(45,46)17-1-10-42-11-14-49-15-12-42/h4-9,18,20-21,23,31,33,35,41H,1-3,10-17,19,22H2/t31-,33?/m0/s1. The molecule has 1 saturated carbocycles. The highest BCUT2D eigenvalue weighted by atomic mass is 35.5. The number of thioether (sulfide) groups is 1. The molecular weight excluding hydrogens is 826 g/mol. The van der Waals surface area contributed by atoms with Gasteiger partial charge in [0, 0.05) is 49.9 Å². The number of pyridine rings is 1. The second-order valence-corrected chi connectivity index (χ2v) is 18.9. The highest BCUT2D eigenvalue weighted by Crippen LogP contribution is 2.39. The van der Waals surface area contributed by atoms with Crippen molar-refractivity contribution in [3.8, 4) is 11.5 Å². The number of rotatable bonds is 18. The first-order valence-corrected chi connectivity index (χ1v) is 22.4. The Bertz CT molecular complexity index is 2010. The van der Waals surface area contributed by atoms with Crippen LogP contribution in [0, 0.1) is 5.92 Å². The molecule has 0 bridgehead atoms. The molecule has 0 amide bonds. The number of carbonyl (C=O) groups excluding carboxylic acids is 1. The van der Waals surface area contributed by atoms with Gasteiger partial charge in [0.2, 0.25) is 20.0 Å². The Labute approximate surface area is 333 Å². The molecule has 2 saturated heterocycles. The summed E-state index contributed by atoms with van der Waals surface area (Å²) in [6, 6.07) is 9.42. The summed E-state index contributed by atoms with van der Waals surface area (Å²) in [6.07, 6.45) is 3.86. The van der Waals surface area contributed by atoms with E-state index in [-0.39, 0.29) is 69.1 Å². The number of hydrogen-bond donors (Lipinski definition) is 1. The number of carbonyl (C=O) groups is 1. The molecule has 3 heterocycles. The van der Waals surface area contributed by atoms with Crippen LogP contribution in [0.3, 0.4) is 0 Å². The number of nitrogens with zero attached hydrogens (tertiary/aromatic N) is 3. The Morgan fingerprint density at radius 3 is 2.38 bits per heavy atom. The minimum atomic E-state index is -4.27. The lowest BCUT2D eigenvalue weighted by atomic mass is 10.0. The summed E-state index contributed by atoms with van der Waals surface area (Å²) in [5.74, 6) is -0.594. The predicted octanol–water partition coefficient (Wildman–Crippen LogP) is 5.83. The smallest absolute Gasteiger partial charge is 0.387 e. The zero-order valence-electron chi connectivity index (χ0n) is 29.5. The van der Waals surface area contributed by atoms with Crippen molar-refractivity contribution in [2.75, 3.05) is 62.2 Å². The van der Waals surface area contributed by atoms with Gasteiger partial charge in [-0.25, -0.2) is 21.6 Å². The van der Waals surface area contributed by atoms with Crippen molar-refractivity contribution in [1.82, 2.24) is 14.2 Å². The van der Waals surface area contributed by atoms with Gasteiger partial charge in [-0.2, -0.15) is 13.1 Å². The van der Waals surface area contributed by atoms with Crippen molar-refractivity contribution in [3.05, 3.63) is 76.0 Å². The SMILES string of the molecule is O=C(O[C@@H](Cc1c(Cl)cncc1Cl)c1ccc(OC(F)F)c(OCC2CC2)c1)C1SCCN1S(=O)(=O)c1ccc(NS(=O)(=O)CCCN2CCOCC2)cc1. The van der Waals surface area contributed by atoms with Crippen LogP contribution in [-0.4, -0.2) is 106 Å². The number of esters is 1. The van der Waals surface area contributed by atoms with Gasteiger partial charge in [-0.1, -0.05) is 29.3 Å². The molecule has 0 radical (unpaired) electrons. The third-order valence-corrected chi connectivity index (χ3v) is 14.3. The molecule has 13 nitrogen and oxygen atoms in total. The van der Waals surface area contributed by atoms with Gasteiger partial charge in [-0.3, -0.25) is 14.6 Å². The van der Waals surface area contributed by atoms with Crippen LogP contribution >= 0.6 is 35.0 Å². The summed E-state index contributed by atoms with van der Waals surface area (Å²) in [5.41, 5.74) is 0.918. The van der Waals surface area contributed by atoms with Crippen LogP contribution in [0.15, 0.2) is 59.8 Å². The van der Waals surface area contributed by atoms with Crippen molar-refractivity contribution >= 4 is 66.7 Å². The first-order valence-electron chi connectivity index (χ1n) is 17.5. The fourth-order valence-corrected chi connectivity index (χ4v) is 10.7. The van der Waals surface area contributed by atoms with E-state index in [1.807, 2.05) is 0 Å². The van der Waals surface area contributed by atoms with Gasteiger partial charge >= 0.3 is 12.6 Å². The Balaban J connectivity index is 1.17. The van der Waals surface area contributed by atoms with Crippen molar-refractivity contribution in [2.45, 2.75) is 48.7 Å². The molecule has 0 spiro atoms. The Morgan fingerprint density at radius 2 is 1.71 bits per heavy atom. The van der Waals surface area contributed by atoms with Crippen LogP contribution in [0.5, 0.6) is 11.5 Å². The first-order chi connectivity index (χ1) is 26.3. The summed E-state index contributed by atoms with van der Waals surface area (Å²) < 4.78 is 105. The van der Waals surface area contributed by atoms with Crippen LogP contribution < -0.4 is 14.2 Å². The summed E-state index contributed by atoms with van der Waals surface area (Å²) in [6.45, 7) is 0.511. The number of hydrogen-bond acceptors (Lipinski definition) is 12. The number of nitrogens with one attached hydrogen (secondary N) is 1. The Hall–Kier alpha value is -2.97. The summed E-state index contributed by atoms with van der Waals surface area (Å²) in [4.78, 5) is 19.9. The number of halogens is 4. The molecule has 1 aliphatic carbocycles. The van der Waals surface area contributed by atoms with Crippen LogP contribution in [0.25, 0.3) is 0 Å². The van der Waals surface area contributed by atoms with Gasteiger partial charge in [0.25, 0.3) is 0 Å². The van der Waals surface area contributed by atoms with E-state index in [4.69, 9.17) is 37.4 Å². The molecule has 1 N–H and O–H groups in total. The summed E-state index contributed by atoms with van der Waals surface area (Å²) >= 11 is 13.9. The van der Waals surface area contributed by atoms with E-state index < -0.39 is 44.1 Å². The van der Waals surface area contributed by atoms with Gasteiger partial charge in [0.15, 0.2) is 16.9 Å². The van der Waals surface area contributed by atoms with E-state index in [2.05, 4.69) is 19.3 Å². The predicted molar refractivity (Wildman–Crippen MR) is 204 cm³/mol. The normalized spacial score (nSPS) is 19.0. The molecule has 2 atom stereocenters. The molecule has 300 valence electrons. The number of morpholine rings is 1. The maximum Gasteiger partial charge on any atom is 0.387 e. The monoisotopic (exact) mass is 864 g/mol. The van der Waals surface area contributed by atoms with Crippen molar-refractivity contribution in [1.29, 1.82) is 0 Å². The van der Waals surface area contributed by atoms with Crippen LogP contribution in [0.4, 0.5) is 14.5 Å². The van der Waals surface area contributed by atoms with E-state index in [1.54, 1.807) is 0 Å². The number of alkyl halides is 2. The molecule has 1 aromatic heterocycles. The highest BCUT2D eigenvalue weighted by molar-refractivity contribution is 8.02. The fourth-order valence-electron chi connectivity index (χ4n) is 6.02. The summed E-state index contributed by atoms with van der Waals surface area (Å²) in [7, 11) is -7.96. The molecular formula is C35H40Cl2F2N4O9S3. The molecule has 20 heteroatoms. The topological polar surface area (TPSA) is 154 Å². The maximum atomic E-state index is 13.9. The van der Waals surface area contributed by atoms with E-state index >= 15 is 0 Å². The Morgan fingerprint density at radius 1 is 1.00 bits per heavy atom. The van der Waals surface area contributed by atoms with Crippen molar-refractivity contribution < 1.29 is 49.4 Å². The van der Waals surface area contributed by atoms with E-state index in [0.29, 0.717) is 37.3 Å². The number of sulfonamides is 2. The minimum Gasteiger partial charge on any atom is -0.489 e. The molecule has 6 rings (SSSR count). The number of anilines is 1. The number of ether oxygens (including phenoxy) is 4. The van der Waals surface area contributed by atoms with Crippen LogP contribution in [0.1, 0.15) is 36.5 Å². The van der Waals surface area contributed by atoms with Gasteiger partial charge in [-0.15, -0.1) is 11.8 Å². The zero-order chi connectivity index (χ0) is 39.2. The number of benzene rings is 2. The van der Waals surface area contributed by atoms with Crippen molar-refractivity contribution in [2.24, 2.45) is 5.92 Å².